The van der Waals surface area contributed by atoms with Crippen LogP contribution in [0.2, 0.25) is 5.02 Å². The van der Waals surface area contributed by atoms with Crippen LogP contribution in [0.3, 0.4) is 0 Å². The number of hydrogen-bond acceptors (Lipinski definition) is 3. The summed E-state index contributed by atoms with van der Waals surface area (Å²) in [6.45, 7) is 0. The molecule has 1 amide bonds. The maximum Gasteiger partial charge on any atom is 0.323 e. The van der Waals surface area contributed by atoms with E-state index in [0.717, 1.165) is 16.5 Å². The molecule has 0 atom stereocenters. The number of amides is 1. The Morgan fingerprint density at radius 1 is 0.818 bits per heavy atom. The van der Waals surface area contributed by atoms with E-state index in [-0.39, 0.29) is 17.6 Å². The van der Waals surface area contributed by atoms with Gasteiger partial charge in [0, 0.05) is 16.3 Å². The van der Waals surface area contributed by atoms with Gasteiger partial charge in [0.25, 0.3) is 5.91 Å². The summed E-state index contributed by atoms with van der Waals surface area (Å²) < 4.78 is 0. The van der Waals surface area contributed by atoms with E-state index in [2.05, 4.69) is 25.6 Å². The summed E-state index contributed by atoms with van der Waals surface area (Å²) in [6.07, 6.45) is 0. The summed E-state index contributed by atoms with van der Waals surface area (Å²) in [5, 5.41) is 8.73. The van der Waals surface area contributed by atoms with E-state index >= 15 is 0 Å². The van der Waals surface area contributed by atoms with Gasteiger partial charge in [0.15, 0.2) is 0 Å². The molecule has 7 nitrogen and oxygen atoms in total. The Balaban J connectivity index is 1.50. The number of nitrogens with zero attached hydrogens (tertiary/aromatic N) is 1. The molecule has 162 valence electrons. The SMILES string of the molecule is O=C(NC(=Nc1ccc2[nH]c(=O)[nH]c2c1)Nc1ccc2ccccc2c1)c1ccc(Cl)cc1. The number of nitrogens with one attached hydrogen (secondary N) is 4. The van der Waals surface area contributed by atoms with Crippen molar-refractivity contribution in [3.05, 3.63) is 106 Å². The van der Waals surface area contributed by atoms with Crippen molar-refractivity contribution >= 4 is 56.6 Å². The number of guanidine groups is 1. The van der Waals surface area contributed by atoms with Crippen molar-refractivity contribution in [2.45, 2.75) is 0 Å². The number of carbonyl (C=O) groups excluding carboxylic acids is 1. The molecule has 0 aliphatic heterocycles. The van der Waals surface area contributed by atoms with Crippen molar-refractivity contribution in [3.63, 3.8) is 0 Å². The highest BCUT2D eigenvalue weighted by atomic mass is 35.5. The summed E-state index contributed by atoms with van der Waals surface area (Å²) in [7, 11) is 0. The Morgan fingerprint density at radius 2 is 1.58 bits per heavy atom. The highest BCUT2D eigenvalue weighted by Crippen LogP contribution is 2.21. The first-order chi connectivity index (χ1) is 16.0. The first-order valence-electron chi connectivity index (χ1n) is 10.2. The molecule has 1 heterocycles. The zero-order valence-electron chi connectivity index (χ0n) is 17.2. The third kappa shape index (κ3) is 4.63. The lowest BCUT2D eigenvalue weighted by Crippen LogP contribution is -2.35. The minimum Gasteiger partial charge on any atom is -0.326 e. The Morgan fingerprint density at radius 3 is 2.39 bits per heavy atom. The molecule has 8 heteroatoms. The minimum absolute atomic E-state index is 0.238. The molecule has 5 rings (SSSR count). The van der Waals surface area contributed by atoms with Crippen molar-refractivity contribution in [3.8, 4) is 0 Å². The number of hydrogen-bond donors (Lipinski definition) is 4. The van der Waals surface area contributed by atoms with Crippen LogP contribution in [-0.4, -0.2) is 21.8 Å². The fourth-order valence-electron chi connectivity index (χ4n) is 3.49. The van der Waals surface area contributed by atoms with Gasteiger partial charge in [0.2, 0.25) is 5.96 Å². The van der Waals surface area contributed by atoms with E-state index in [4.69, 9.17) is 11.6 Å². The van der Waals surface area contributed by atoms with E-state index in [1.54, 1.807) is 42.5 Å². The molecule has 0 bridgehead atoms. The second kappa shape index (κ2) is 8.64. The maximum absolute atomic E-state index is 12.8. The zero-order chi connectivity index (χ0) is 22.8. The summed E-state index contributed by atoms with van der Waals surface area (Å²) in [5.74, 6) is -0.0997. The number of anilines is 1. The zero-order valence-corrected chi connectivity index (χ0v) is 18.0. The average Bonchev–Trinajstić information content (AvgIpc) is 3.18. The summed E-state index contributed by atoms with van der Waals surface area (Å²) in [6, 6.07) is 25.7. The molecule has 0 unspecified atom stereocenters. The van der Waals surface area contributed by atoms with Gasteiger partial charge in [-0.2, -0.15) is 0 Å². The fourth-order valence-corrected chi connectivity index (χ4v) is 3.62. The van der Waals surface area contributed by atoms with Crippen molar-refractivity contribution in [1.82, 2.24) is 15.3 Å². The molecule has 1 aromatic heterocycles. The number of carbonyl (C=O) groups is 1. The first kappa shape index (κ1) is 20.5. The van der Waals surface area contributed by atoms with Crippen LogP contribution in [0.1, 0.15) is 10.4 Å². The molecule has 33 heavy (non-hydrogen) atoms. The van der Waals surface area contributed by atoms with Crippen LogP contribution in [0, 0.1) is 0 Å². The second-order valence-corrected chi connectivity index (χ2v) is 7.85. The molecule has 0 aliphatic rings. The van der Waals surface area contributed by atoms with Crippen LogP contribution in [-0.2, 0) is 0 Å². The number of rotatable bonds is 3. The normalized spacial score (nSPS) is 11.6. The van der Waals surface area contributed by atoms with Crippen LogP contribution in [0.5, 0.6) is 0 Å². The quantitative estimate of drug-likeness (QED) is 0.222. The number of H-pyrrole nitrogens is 2. The van der Waals surface area contributed by atoms with E-state index in [1.807, 2.05) is 42.5 Å². The predicted octanol–water partition coefficient (Wildman–Crippen LogP) is 5.19. The number of aromatic nitrogens is 2. The van der Waals surface area contributed by atoms with Crippen LogP contribution in [0.25, 0.3) is 21.8 Å². The van der Waals surface area contributed by atoms with Gasteiger partial charge in [0.05, 0.1) is 16.7 Å². The standard InChI is InChI=1S/C25H18ClN5O2/c26-18-8-5-16(6-9-18)23(32)31-24(27-19-10-7-15-3-1-2-4-17(15)13-19)28-20-11-12-21-22(14-20)30-25(33)29-21/h1-14H,(H2,29,30,33)(H2,27,28,31,32). The molecule has 0 fully saturated rings. The van der Waals surface area contributed by atoms with Crippen LogP contribution < -0.4 is 16.3 Å². The van der Waals surface area contributed by atoms with E-state index in [1.165, 1.54) is 0 Å². The highest BCUT2D eigenvalue weighted by molar-refractivity contribution is 6.30. The minimum atomic E-state index is -0.338. The lowest BCUT2D eigenvalue weighted by molar-refractivity contribution is 0.0977. The van der Waals surface area contributed by atoms with Crippen LogP contribution in [0.4, 0.5) is 11.4 Å². The van der Waals surface area contributed by atoms with Crippen molar-refractivity contribution in [2.75, 3.05) is 5.32 Å². The van der Waals surface area contributed by atoms with Gasteiger partial charge in [-0.1, -0.05) is 41.9 Å². The number of imidazole rings is 1. The van der Waals surface area contributed by atoms with Crippen LogP contribution in [0.15, 0.2) is 94.7 Å². The summed E-state index contributed by atoms with van der Waals surface area (Å²) in [4.78, 5) is 34.4. The third-order valence-corrected chi connectivity index (χ3v) is 5.34. The lowest BCUT2D eigenvalue weighted by Gasteiger charge is -2.13. The molecule has 4 N–H and O–H groups in total. The molecule has 5 aromatic rings. The molecule has 4 aromatic carbocycles. The van der Waals surface area contributed by atoms with E-state index in [0.29, 0.717) is 27.3 Å². The van der Waals surface area contributed by atoms with Crippen molar-refractivity contribution in [2.24, 2.45) is 4.99 Å². The molecular weight excluding hydrogens is 438 g/mol. The van der Waals surface area contributed by atoms with Gasteiger partial charge in [-0.3, -0.25) is 10.1 Å². The summed E-state index contributed by atoms with van der Waals surface area (Å²) >= 11 is 5.94. The number of benzene rings is 4. The topological polar surface area (TPSA) is 102 Å². The number of aliphatic imine (C=N–C) groups is 1. The molecular formula is C25H18ClN5O2. The third-order valence-electron chi connectivity index (χ3n) is 5.09. The Hall–Kier alpha value is -4.36. The molecule has 0 radical (unpaired) electrons. The molecule has 0 saturated carbocycles. The monoisotopic (exact) mass is 455 g/mol. The second-order valence-electron chi connectivity index (χ2n) is 7.42. The first-order valence-corrected chi connectivity index (χ1v) is 10.5. The van der Waals surface area contributed by atoms with Gasteiger partial charge < -0.3 is 15.3 Å². The highest BCUT2D eigenvalue weighted by Gasteiger charge is 2.11. The summed E-state index contributed by atoms with van der Waals surface area (Å²) in [5.41, 5.74) is 2.76. The van der Waals surface area contributed by atoms with E-state index in [9.17, 15) is 9.59 Å². The van der Waals surface area contributed by atoms with Gasteiger partial charge in [0.1, 0.15) is 0 Å². The Kier molecular flexibility index (Phi) is 5.38. The van der Waals surface area contributed by atoms with Gasteiger partial charge in [-0.25, -0.2) is 9.79 Å². The molecule has 0 aliphatic carbocycles. The Labute approximate surface area is 193 Å². The van der Waals surface area contributed by atoms with Crippen molar-refractivity contribution in [1.29, 1.82) is 0 Å². The average molecular weight is 456 g/mol. The lowest BCUT2D eigenvalue weighted by atomic mass is 10.1. The predicted molar refractivity (Wildman–Crippen MR) is 133 cm³/mol. The number of halogens is 1. The van der Waals surface area contributed by atoms with Gasteiger partial charge in [-0.15, -0.1) is 0 Å². The largest absolute Gasteiger partial charge is 0.326 e. The van der Waals surface area contributed by atoms with Crippen LogP contribution >= 0.6 is 11.6 Å². The molecule has 0 saturated heterocycles. The smallest absolute Gasteiger partial charge is 0.323 e. The van der Waals surface area contributed by atoms with Gasteiger partial charge >= 0.3 is 5.69 Å². The van der Waals surface area contributed by atoms with Crippen molar-refractivity contribution < 1.29 is 4.79 Å². The number of aromatic amines is 2. The van der Waals surface area contributed by atoms with E-state index < -0.39 is 0 Å². The number of fused-ring (bicyclic) bond motifs is 2. The Bertz CT molecular complexity index is 1570. The maximum atomic E-state index is 12.8. The molecule has 0 spiro atoms. The fraction of sp³-hybridized carbons (Fsp3) is 0. The van der Waals surface area contributed by atoms with Gasteiger partial charge in [-0.05, 0) is 65.4 Å².